The van der Waals surface area contributed by atoms with Crippen molar-refractivity contribution in [1.82, 2.24) is 24.3 Å². The van der Waals surface area contributed by atoms with E-state index in [4.69, 9.17) is 4.74 Å². The molecule has 0 aliphatic carbocycles. The van der Waals surface area contributed by atoms with E-state index in [1.54, 1.807) is 0 Å². The Hall–Kier alpha value is -2.81. The number of likely N-dealkylation sites (tertiary alicyclic amines) is 1. The third-order valence-electron chi connectivity index (χ3n) is 8.72. The number of morpholine rings is 1. The molecule has 3 aliphatic rings. The zero-order valence-electron chi connectivity index (χ0n) is 23.9. The summed E-state index contributed by atoms with van der Waals surface area (Å²) in [7, 11) is 2.03. The molecule has 2 saturated heterocycles. The number of imidazole rings is 1. The van der Waals surface area contributed by atoms with Gasteiger partial charge in [-0.3, -0.25) is 14.7 Å². The average molecular weight is 533 g/mol. The first-order valence-electron chi connectivity index (χ1n) is 14.6. The van der Waals surface area contributed by atoms with E-state index in [1.807, 2.05) is 42.7 Å². The van der Waals surface area contributed by atoms with Gasteiger partial charge in [0.05, 0.1) is 25.3 Å². The van der Waals surface area contributed by atoms with Crippen LogP contribution in [0.1, 0.15) is 67.7 Å². The summed E-state index contributed by atoms with van der Waals surface area (Å²) in [6.45, 7) is 11.0. The van der Waals surface area contributed by atoms with E-state index in [0.717, 1.165) is 63.4 Å². The number of hydrogen-bond donors (Lipinski definition) is 0. The Morgan fingerprint density at radius 3 is 2.49 bits per heavy atom. The molecule has 2 aromatic rings. The SMILES string of the molecule is CCC(CC)N1CCC2(CC1)CN(C(=O)c1ccc(CN(CC3=NC=CC3)Cc3nccn3C)cc1)CCO2. The molecule has 8 heteroatoms. The number of rotatable bonds is 10. The summed E-state index contributed by atoms with van der Waals surface area (Å²) >= 11 is 0. The highest BCUT2D eigenvalue weighted by atomic mass is 16.5. The first kappa shape index (κ1) is 27.7. The maximum atomic E-state index is 13.5. The van der Waals surface area contributed by atoms with Gasteiger partial charge in [0.25, 0.3) is 5.91 Å². The highest BCUT2D eigenvalue weighted by Gasteiger charge is 2.41. The molecule has 0 bridgehead atoms. The number of allylic oxidation sites excluding steroid dienone is 1. The van der Waals surface area contributed by atoms with E-state index in [-0.39, 0.29) is 11.5 Å². The van der Waals surface area contributed by atoms with Gasteiger partial charge in [-0.2, -0.15) is 0 Å². The number of aliphatic imine (C=N–C) groups is 1. The Bertz CT molecular complexity index is 1160. The van der Waals surface area contributed by atoms with Crippen molar-refractivity contribution in [1.29, 1.82) is 0 Å². The molecule has 8 nitrogen and oxygen atoms in total. The molecule has 4 heterocycles. The molecule has 0 radical (unpaired) electrons. The van der Waals surface area contributed by atoms with Gasteiger partial charge >= 0.3 is 0 Å². The molecular weight excluding hydrogens is 488 g/mol. The topological polar surface area (TPSA) is 66.2 Å². The highest BCUT2D eigenvalue weighted by molar-refractivity contribution is 5.94. The van der Waals surface area contributed by atoms with Gasteiger partial charge in [-0.15, -0.1) is 0 Å². The number of nitrogens with zero attached hydrogens (tertiary/aromatic N) is 6. The predicted molar refractivity (Wildman–Crippen MR) is 155 cm³/mol. The number of aryl methyl sites for hydroxylation is 1. The van der Waals surface area contributed by atoms with Crippen LogP contribution in [-0.4, -0.2) is 86.8 Å². The lowest BCUT2D eigenvalue weighted by Gasteiger charge is -2.48. The number of ether oxygens (including phenoxy) is 1. The summed E-state index contributed by atoms with van der Waals surface area (Å²) in [5.41, 5.74) is 2.91. The molecule has 1 amide bonds. The van der Waals surface area contributed by atoms with Gasteiger partial charge in [0.1, 0.15) is 5.82 Å². The smallest absolute Gasteiger partial charge is 0.254 e. The van der Waals surface area contributed by atoms with E-state index in [2.05, 4.69) is 56.4 Å². The molecule has 0 saturated carbocycles. The summed E-state index contributed by atoms with van der Waals surface area (Å²) < 4.78 is 8.40. The van der Waals surface area contributed by atoms with Crippen LogP contribution >= 0.6 is 0 Å². The molecule has 0 N–H and O–H groups in total. The lowest BCUT2D eigenvalue weighted by atomic mass is 9.88. The fourth-order valence-corrected chi connectivity index (χ4v) is 6.30. The van der Waals surface area contributed by atoms with Crippen molar-refractivity contribution in [3.63, 3.8) is 0 Å². The standard InChI is InChI=1S/C31H44N6O2/c1-4-28(5-2)36-16-12-31(13-17-36)24-37(19-20-39-31)30(38)26-10-8-25(9-11-26)21-35(22-27-7-6-14-32-27)23-29-33-15-18-34(29)3/h6,8-11,14-15,18,28H,4-5,7,12-13,16-17,19-24H2,1-3H3. The van der Waals surface area contributed by atoms with Crippen LogP contribution in [0.15, 0.2) is 53.9 Å². The molecule has 5 rings (SSSR count). The Balaban J connectivity index is 1.20. The lowest BCUT2D eigenvalue weighted by molar-refractivity contribution is -0.130. The van der Waals surface area contributed by atoms with Crippen LogP contribution in [-0.2, 0) is 24.9 Å². The first-order chi connectivity index (χ1) is 19.0. The Morgan fingerprint density at radius 1 is 1.08 bits per heavy atom. The van der Waals surface area contributed by atoms with Crippen LogP contribution in [0.25, 0.3) is 0 Å². The minimum absolute atomic E-state index is 0.114. The first-order valence-corrected chi connectivity index (χ1v) is 14.6. The highest BCUT2D eigenvalue weighted by Crippen LogP contribution is 2.32. The number of aromatic nitrogens is 2. The second-order valence-corrected chi connectivity index (χ2v) is 11.3. The van der Waals surface area contributed by atoms with Crippen LogP contribution < -0.4 is 0 Å². The zero-order valence-corrected chi connectivity index (χ0v) is 23.9. The van der Waals surface area contributed by atoms with Crippen molar-refractivity contribution >= 4 is 11.6 Å². The number of hydrogen-bond acceptors (Lipinski definition) is 6. The summed E-state index contributed by atoms with van der Waals surface area (Å²) in [6.07, 6.45) is 13.1. The van der Waals surface area contributed by atoms with Crippen molar-refractivity contribution in [3.8, 4) is 0 Å². The number of amides is 1. The summed E-state index contributed by atoms with van der Waals surface area (Å²) in [5.74, 6) is 1.14. The normalized spacial score (nSPS) is 19.4. The average Bonchev–Trinajstić information content (AvgIpc) is 3.62. The lowest BCUT2D eigenvalue weighted by Crippen LogP contribution is -2.58. The van der Waals surface area contributed by atoms with Crippen LogP contribution in [0.2, 0.25) is 0 Å². The van der Waals surface area contributed by atoms with Gasteiger partial charge in [0.15, 0.2) is 0 Å². The molecule has 0 atom stereocenters. The fraction of sp³-hybridized carbons (Fsp3) is 0.581. The van der Waals surface area contributed by atoms with Crippen LogP contribution in [0.3, 0.4) is 0 Å². The molecule has 210 valence electrons. The minimum atomic E-state index is -0.195. The Kier molecular flexibility index (Phi) is 8.95. The second kappa shape index (κ2) is 12.6. The van der Waals surface area contributed by atoms with Gasteiger partial charge in [-0.05, 0) is 43.4 Å². The summed E-state index contributed by atoms with van der Waals surface area (Å²) in [5, 5.41) is 0. The van der Waals surface area contributed by atoms with Gasteiger partial charge < -0.3 is 19.1 Å². The van der Waals surface area contributed by atoms with Gasteiger partial charge in [0.2, 0.25) is 0 Å². The van der Waals surface area contributed by atoms with Gasteiger partial charge in [-0.1, -0.05) is 32.1 Å². The number of carbonyl (C=O) groups is 1. The quantitative estimate of drug-likeness (QED) is 0.457. The van der Waals surface area contributed by atoms with Crippen LogP contribution in [0.4, 0.5) is 0 Å². The molecule has 0 unspecified atom stereocenters. The molecule has 39 heavy (non-hydrogen) atoms. The third kappa shape index (κ3) is 6.68. The summed E-state index contributed by atoms with van der Waals surface area (Å²) in [6, 6.07) is 8.83. The fourth-order valence-electron chi connectivity index (χ4n) is 6.30. The van der Waals surface area contributed by atoms with E-state index >= 15 is 0 Å². The maximum absolute atomic E-state index is 13.5. The van der Waals surface area contributed by atoms with Crippen molar-refractivity contribution in [3.05, 3.63) is 65.9 Å². The minimum Gasteiger partial charge on any atom is -0.371 e. The van der Waals surface area contributed by atoms with E-state index in [9.17, 15) is 4.79 Å². The number of piperidine rings is 1. The molecule has 2 fully saturated rings. The van der Waals surface area contributed by atoms with Crippen LogP contribution in [0, 0.1) is 0 Å². The zero-order chi connectivity index (χ0) is 27.2. The largest absolute Gasteiger partial charge is 0.371 e. The summed E-state index contributed by atoms with van der Waals surface area (Å²) in [4.78, 5) is 29.6. The molecule has 1 aromatic carbocycles. The van der Waals surface area contributed by atoms with E-state index in [0.29, 0.717) is 25.7 Å². The third-order valence-corrected chi connectivity index (χ3v) is 8.72. The molecule has 1 aromatic heterocycles. The molecule has 3 aliphatic heterocycles. The Morgan fingerprint density at radius 2 is 1.85 bits per heavy atom. The maximum Gasteiger partial charge on any atom is 0.254 e. The predicted octanol–water partition coefficient (Wildman–Crippen LogP) is 4.28. The van der Waals surface area contributed by atoms with Crippen molar-refractivity contribution in [2.45, 2.75) is 70.7 Å². The van der Waals surface area contributed by atoms with Crippen LogP contribution in [0.5, 0.6) is 0 Å². The second-order valence-electron chi connectivity index (χ2n) is 11.3. The molecular formula is C31H44N6O2. The monoisotopic (exact) mass is 532 g/mol. The van der Waals surface area contributed by atoms with Gasteiger partial charge in [-0.25, -0.2) is 4.98 Å². The van der Waals surface area contributed by atoms with Crippen molar-refractivity contribution in [2.24, 2.45) is 12.0 Å². The Labute approximate surface area is 233 Å². The van der Waals surface area contributed by atoms with E-state index < -0.39 is 0 Å². The van der Waals surface area contributed by atoms with Gasteiger partial charge in [0, 0.05) is 82.1 Å². The molecule has 1 spiro atoms. The van der Waals surface area contributed by atoms with E-state index in [1.165, 1.54) is 24.1 Å². The van der Waals surface area contributed by atoms with Crippen molar-refractivity contribution in [2.75, 3.05) is 39.3 Å². The van der Waals surface area contributed by atoms with Crippen molar-refractivity contribution < 1.29 is 9.53 Å². The number of benzene rings is 1. The number of carbonyl (C=O) groups excluding carboxylic acids is 1.